The first-order valence-corrected chi connectivity index (χ1v) is 6.66. The van der Waals surface area contributed by atoms with Crippen molar-refractivity contribution in [1.82, 2.24) is 4.98 Å². The van der Waals surface area contributed by atoms with Crippen molar-refractivity contribution in [3.05, 3.63) is 36.0 Å². The summed E-state index contributed by atoms with van der Waals surface area (Å²) in [6, 6.07) is 5.43. The molecule has 1 aromatic rings. The van der Waals surface area contributed by atoms with Crippen molar-refractivity contribution >= 4 is 17.6 Å². The fraction of sp³-hybridized carbons (Fsp3) is 0.400. The number of aromatic nitrogens is 1. The summed E-state index contributed by atoms with van der Waals surface area (Å²) in [7, 11) is 0. The third-order valence-corrected chi connectivity index (χ3v) is 4.57. The molecule has 3 aliphatic rings. The Kier molecular flexibility index (Phi) is 2.03. The first-order valence-electron chi connectivity index (χ1n) is 6.66. The van der Waals surface area contributed by atoms with Crippen molar-refractivity contribution in [2.24, 2.45) is 23.7 Å². The van der Waals surface area contributed by atoms with Crippen molar-refractivity contribution in [3.63, 3.8) is 0 Å². The normalized spacial score (nSPS) is 35.3. The number of imide groups is 1. The zero-order chi connectivity index (χ0) is 13.1. The van der Waals surface area contributed by atoms with E-state index < -0.39 is 0 Å². The van der Waals surface area contributed by atoms with Crippen molar-refractivity contribution in [2.45, 2.75) is 13.3 Å². The molecule has 1 saturated carbocycles. The summed E-state index contributed by atoms with van der Waals surface area (Å²) in [5.41, 5.74) is 0.816. The van der Waals surface area contributed by atoms with Crippen molar-refractivity contribution in [1.29, 1.82) is 0 Å². The largest absolute Gasteiger partial charge is 0.274 e. The molecule has 1 aliphatic heterocycles. The van der Waals surface area contributed by atoms with Crippen LogP contribution in [0.25, 0.3) is 0 Å². The highest BCUT2D eigenvalue weighted by atomic mass is 16.2. The number of hydrogen-bond donors (Lipinski definition) is 0. The van der Waals surface area contributed by atoms with E-state index in [9.17, 15) is 9.59 Å². The lowest BCUT2D eigenvalue weighted by Crippen LogP contribution is -2.33. The number of carbonyl (C=O) groups excluding carboxylic acids is 2. The van der Waals surface area contributed by atoms with Crippen LogP contribution in [0.3, 0.4) is 0 Å². The summed E-state index contributed by atoms with van der Waals surface area (Å²) in [5, 5.41) is 0. The Bertz CT molecular complexity index is 592. The lowest BCUT2D eigenvalue weighted by Gasteiger charge is -2.16. The topological polar surface area (TPSA) is 50.3 Å². The van der Waals surface area contributed by atoms with Gasteiger partial charge in [0.2, 0.25) is 11.8 Å². The van der Waals surface area contributed by atoms with Crippen LogP contribution < -0.4 is 4.90 Å². The number of allylic oxidation sites excluding steroid dienone is 2. The Labute approximate surface area is 111 Å². The summed E-state index contributed by atoms with van der Waals surface area (Å²) in [6.45, 7) is 1.86. The maximum Gasteiger partial charge on any atom is 0.239 e. The Balaban J connectivity index is 1.77. The monoisotopic (exact) mass is 254 g/mol. The highest BCUT2D eigenvalue weighted by molar-refractivity contribution is 6.22. The zero-order valence-corrected chi connectivity index (χ0v) is 10.6. The number of hydrogen-bond acceptors (Lipinski definition) is 3. The van der Waals surface area contributed by atoms with Gasteiger partial charge in [0.25, 0.3) is 0 Å². The maximum absolute atomic E-state index is 12.5. The summed E-state index contributed by atoms with van der Waals surface area (Å²) in [5.74, 6) is 0.552. The predicted molar refractivity (Wildman–Crippen MR) is 69.2 cm³/mol. The molecule has 2 aliphatic carbocycles. The van der Waals surface area contributed by atoms with Gasteiger partial charge in [-0.1, -0.05) is 18.2 Å². The number of fused-ring (bicyclic) bond motifs is 5. The van der Waals surface area contributed by atoms with E-state index in [-0.39, 0.29) is 35.5 Å². The van der Waals surface area contributed by atoms with Gasteiger partial charge in [0.1, 0.15) is 5.82 Å². The molecule has 0 aromatic carbocycles. The van der Waals surface area contributed by atoms with Crippen LogP contribution in [0.15, 0.2) is 30.4 Å². The fourth-order valence-electron chi connectivity index (χ4n) is 3.78. The second kappa shape index (κ2) is 3.53. The minimum absolute atomic E-state index is 0.0649. The second-order valence-corrected chi connectivity index (χ2v) is 5.65. The molecule has 4 unspecified atom stereocenters. The first kappa shape index (κ1) is 10.9. The Morgan fingerprint density at radius 1 is 1.11 bits per heavy atom. The molecule has 19 heavy (non-hydrogen) atoms. The van der Waals surface area contributed by atoms with E-state index in [1.807, 2.05) is 19.1 Å². The third kappa shape index (κ3) is 1.31. The van der Waals surface area contributed by atoms with Crippen molar-refractivity contribution in [3.8, 4) is 0 Å². The quantitative estimate of drug-likeness (QED) is 0.566. The molecule has 96 valence electrons. The van der Waals surface area contributed by atoms with E-state index in [0.29, 0.717) is 5.82 Å². The van der Waals surface area contributed by atoms with Crippen molar-refractivity contribution in [2.75, 3.05) is 4.90 Å². The Morgan fingerprint density at radius 2 is 1.74 bits per heavy atom. The van der Waals surface area contributed by atoms with Gasteiger partial charge in [-0.15, -0.1) is 0 Å². The van der Waals surface area contributed by atoms with Crippen LogP contribution in [0.2, 0.25) is 0 Å². The summed E-state index contributed by atoms with van der Waals surface area (Å²) >= 11 is 0. The summed E-state index contributed by atoms with van der Waals surface area (Å²) in [6.07, 6.45) is 5.16. The van der Waals surface area contributed by atoms with E-state index in [1.54, 1.807) is 6.07 Å². The van der Waals surface area contributed by atoms with E-state index in [4.69, 9.17) is 0 Å². The van der Waals surface area contributed by atoms with Gasteiger partial charge in [-0.2, -0.15) is 0 Å². The molecule has 4 heteroatoms. The molecule has 1 saturated heterocycles. The summed E-state index contributed by atoms with van der Waals surface area (Å²) < 4.78 is 0. The average Bonchev–Trinajstić information content (AvgIpc) is 3.04. The number of rotatable bonds is 1. The van der Waals surface area contributed by atoms with Crippen LogP contribution in [0.1, 0.15) is 12.1 Å². The molecule has 2 fully saturated rings. The Hall–Kier alpha value is -1.97. The number of carbonyl (C=O) groups is 2. The standard InChI is InChI=1S/C15H14N2O2/c1-8-3-2-4-11(16-8)17-14(18)12-9-5-6-10(7-9)13(12)15(17)19/h2-6,9-10,12-13H,7H2,1H3. The van der Waals surface area contributed by atoms with E-state index in [0.717, 1.165) is 12.1 Å². The fourth-order valence-corrected chi connectivity index (χ4v) is 3.78. The minimum Gasteiger partial charge on any atom is -0.274 e. The summed E-state index contributed by atoms with van der Waals surface area (Å²) in [4.78, 5) is 30.7. The van der Waals surface area contributed by atoms with Gasteiger partial charge in [-0.25, -0.2) is 9.88 Å². The van der Waals surface area contributed by atoms with Crippen molar-refractivity contribution < 1.29 is 9.59 Å². The molecule has 0 radical (unpaired) electrons. The average molecular weight is 254 g/mol. The molecule has 4 rings (SSSR count). The molecule has 2 amide bonds. The lowest BCUT2D eigenvalue weighted by molar-refractivity contribution is -0.123. The van der Waals surface area contributed by atoms with E-state index in [2.05, 4.69) is 17.1 Å². The Morgan fingerprint density at radius 3 is 2.32 bits per heavy atom. The molecule has 2 heterocycles. The molecule has 0 N–H and O–H groups in total. The van der Waals surface area contributed by atoms with E-state index in [1.165, 1.54) is 4.90 Å². The maximum atomic E-state index is 12.5. The molecule has 4 nitrogen and oxygen atoms in total. The van der Waals surface area contributed by atoms with Gasteiger partial charge >= 0.3 is 0 Å². The third-order valence-electron chi connectivity index (χ3n) is 4.57. The number of aryl methyl sites for hydroxylation is 1. The van der Waals surface area contributed by atoms with E-state index >= 15 is 0 Å². The SMILES string of the molecule is Cc1cccc(N2C(=O)C3C4C=CC(C4)C3C2=O)n1. The zero-order valence-electron chi connectivity index (χ0n) is 10.6. The van der Waals surface area contributed by atoms with Crippen LogP contribution in [0.5, 0.6) is 0 Å². The highest BCUT2D eigenvalue weighted by Crippen LogP contribution is 2.52. The molecular formula is C15H14N2O2. The van der Waals surface area contributed by atoms with Gasteiger partial charge in [0, 0.05) is 5.69 Å². The molecule has 1 aromatic heterocycles. The molecular weight excluding hydrogens is 240 g/mol. The smallest absolute Gasteiger partial charge is 0.239 e. The second-order valence-electron chi connectivity index (χ2n) is 5.65. The van der Waals surface area contributed by atoms with Crippen LogP contribution in [-0.4, -0.2) is 16.8 Å². The number of nitrogens with zero attached hydrogens (tertiary/aromatic N) is 2. The van der Waals surface area contributed by atoms with Crippen LogP contribution >= 0.6 is 0 Å². The van der Waals surface area contributed by atoms with Crippen LogP contribution in [-0.2, 0) is 9.59 Å². The lowest BCUT2D eigenvalue weighted by atomic mass is 9.85. The number of amides is 2. The van der Waals surface area contributed by atoms with Gasteiger partial charge < -0.3 is 0 Å². The number of pyridine rings is 1. The van der Waals surface area contributed by atoms with Crippen LogP contribution in [0.4, 0.5) is 5.82 Å². The van der Waals surface area contributed by atoms with Gasteiger partial charge in [-0.05, 0) is 37.3 Å². The van der Waals surface area contributed by atoms with Gasteiger partial charge in [0.05, 0.1) is 11.8 Å². The van der Waals surface area contributed by atoms with Gasteiger partial charge in [0.15, 0.2) is 0 Å². The minimum atomic E-state index is -0.148. The first-order chi connectivity index (χ1) is 9.16. The van der Waals surface area contributed by atoms with Gasteiger partial charge in [-0.3, -0.25) is 9.59 Å². The predicted octanol–water partition coefficient (Wildman–Crippen LogP) is 1.70. The number of anilines is 1. The highest BCUT2D eigenvalue weighted by Gasteiger charge is 2.59. The molecule has 4 atom stereocenters. The molecule has 2 bridgehead atoms. The molecule has 0 spiro atoms. The van der Waals surface area contributed by atoms with Crippen LogP contribution in [0, 0.1) is 30.6 Å².